The number of rotatable bonds is 9. The molecule has 1 aromatic carbocycles. The van der Waals surface area contributed by atoms with E-state index >= 15 is 0 Å². The molecule has 0 spiro atoms. The van der Waals surface area contributed by atoms with Crippen LogP contribution in [0.2, 0.25) is 0 Å². The fourth-order valence-electron chi connectivity index (χ4n) is 2.57. The third-order valence-corrected chi connectivity index (χ3v) is 4.89. The van der Waals surface area contributed by atoms with Crippen molar-refractivity contribution in [2.24, 2.45) is 0 Å². The van der Waals surface area contributed by atoms with Gasteiger partial charge in [0.1, 0.15) is 5.75 Å². The van der Waals surface area contributed by atoms with Gasteiger partial charge in [-0.2, -0.15) is 0 Å². The second kappa shape index (κ2) is 9.70. The van der Waals surface area contributed by atoms with Crippen LogP contribution in [-0.2, 0) is 17.9 Å². The van der Waals surface area contributed by atoms with Crippen LogP contribution in [0.5, 0.6) is 5.75 Å². The summed E-state index contributed by atoms with van der Waals surface area (Å²) in [5, 5.41) is 12.1. The molecule has 0 saturated heterocycles. The first-order valence-electron chi connectivity index (χ1n) is 8.68. The molecule has 144 valence electrons. The number of pyridine rings is 1. The van der Waals surface area contributed by atoms with Crippen molar-refractivity contribution in [3.63, 3.8) is 0 Å². The zero-order valence-electron chi connectivity index (χ0n) is 15.5. The van der Waals surface area contributed by atoms with Crippen LogP contribution in [0.25, 0.3) is 11.4 Å². The summed E-state index contributed by atoms with van der Waals surface area (Å²) in [6, 6.07) is 11.4. The molecule has 28 heavy (non-hydrogen) atoms. The Hall–Kier alpha value is -3.13. The van der Waals surface area contributed by atoms with Crippen molar-refractivity contribution in [1.29, 1.82) is 0 Å². The van der Waals surface area contributed by atoms with Crippen molar-refractivity contribution in [3.8, 4) is 17.1 Å². The highest BCUT2D eigenvalue weighted by molar-refractivity contribution is 7.99. The summed E-state index contributed by atoms with van der Waals surface area (Å²) < 4.78 is 7.13. The summed E-state index contributed by atoms with van der Waals surface area (Å²) in [7, 11) is 1.62. The Balaban J connectivity index is 1.61. The van der Waals surface area contributed by atoms with Gasteiger partial charge in [0.15, 0.2) is 11.0 Å². The molecule has 0 radical (unpaired) electrons. The average Bonchev–Trinajstić information content (AvgIpc) is 3.14. The normalized spacial score (nSPS) is 10.5. The molecular formula is C20H21N5O2S. The Morgan fingerprint density at radius 1 is 1.29 bits per heavy atom. The van der Waals surface area contributed by atoms with Gasteiger partial charge in [0.2, 0.25) is 5.91 Å². The molecule has 7 nitrogen and oxygen atoms in total. The standard InChI is InChI=1S/C20H21N5O2S/c1-3-11-25-19(16-7-9-21-10-8-16)23-24-20(25)28-14-18(26)22-13-15-5-4-6-17(12-15)27-2/h3-10,12H,1,11,13-14H2,2H3,(H,22,26). The quantitative estimate of drug-likeness (QED) is 0.443. The third-order valence-electron chi connectivity index (χ3n) is 3.92. The van der Waals surface area contributed by atoms with Crippen molar-refractivity contribution in [3.05, 3.63) is 67.0 Å². The summed E-state index contributed by atoms with van der Waals surface area (Å²) in [5.74, 6) is 1.66. The van der Waals surface area contributed by atoms with E-state index in [9.17, 15) is 4.79 Å². The topological polar surface area (TPSA) is 81.9 Å². The molecule has 1 amide bonds. The van der Waals surface area contributed by atoms with Crippen molar-refractivity contribution in [1.82, 2.24) is 25.1 Å². The molecule has 1 N–H and O–H groups in total. The lowest BCUT2D eigenvalue weighted by molar-refractivity contribution is -0.118. The number of aromatic nitrogens is 4. The van der Waals surface area contributed by atoms with Gasteiger partial charge in [-0.25, -0.2) is 0 Å². The molecule has 0 unspecified atom stereocenters. The van der Waals surface area contributed by atoms with Crippen LogP contribution in [0, 0.1) is 0 Å². The maximum Gasteiger partial charge on any atom is 0.230 e. The van der Waals surface area contributed by atoms with Crippen LogP contribution in [-0.4, -0.2) is 38.5 Å². The maximum absolute atomic E-state index is 12.2. The number of hydrogen-bond acceptors (Lipinski definition) is 6. The number of allylic oxidation sites excluding steroid dienone is 1. The Morgan fingerprint density at radius 2 is 2.11 bits per heavy atom. The first-order valence-corrected chi connectivity index (χ1v) is 9.66. The van der Waals surface area contributed by atoms with Crippen molar-refractivity contribution in [2.75, 3.05) is 12.9 Å². The monoisotopic (exact) mass is 395 g/mol. The highest BCUT2D eigenvalue weighted by Crippen LogP contribution is 2.23. The van der Waals surface area contributed by atoms with Gasteiger partial charge in [0, 0.05) is 31.0 Å². The largest absolute Gasteiger partial charge is 0.497 e. The van der Waals surface area contributed by atoms with E-state index in [0.717, 1.165) is 22.7 Å². The number of thioether (sulfide) groups is 1. The molecule has 0 fully saturated rings. The Labute approximate surface area is 167 Å². The molecule has 3 aromatic rings. The minimum absolute atomic E-state index is 0.0774. The summed E-state index contributed by atoms with van der Waals surface area (Å²) in [5.41, 5.74) is 1.89. The van der Waals surface area contributed by atoms with Crippen LogP contribution < -0.4 is 10.1 Å². The molecular weight excluding hydrogens is 374 g/mol. The van der Waals surface area contributed by atoms with Gasteiger partial charge in [0.05, 0.1) is 12.9 Å². The lowest BCUT2D eigenvalue weighted by atomic mass is 10.2. The molecule has 0 aliphatic heterocycles. The second-order valence-electron chi connectivity index (χ2n) is 5.86. The lowest BCUT2D eigenvalue weighted by Gasteiger charge is -2.08. The van der Waals surface area contributed by atoms with E-state index in [1.807, 2.05) is 41.0 Å². The number of methoxy groups -OCH3 is 1. The van der Waals surface area contributed by atoms with Gasteiger partial charge in [0.25, 0.3) is 0 Å². The average molecular weight is 395 g/mol. The molecule has 0 aliphatic carbocycles. The highest BCUT2D eigenvalue weighted by Gasteiger charge is 2.14. The number of carbonyl (C=O) groups excluding carboxylic acids is 1. The molecule has 3 rings (SSSR count). The smallest absolute Gasteiger partial charge is 0.230 e. The van der Waals surface area contributed by atoms with E-state index in [2.05, 4.69) is 27.1 Å². The summed E-state index contributed by atoms with van der Waals surface area (Å²) in [6.45, 7) is 4.79. The van der Waals surface area contributed by atoms with Crippen molar-refractivity contribution < 1.29 is 9.53 Å². The van der Waals surface area contributed by atoms with Gasteiger partial charge in [-0.1, -0.05) is 30.0 Å². The van der Waals surface area contributed by atoms with E-state index in [1.165, 1.54) is 11.8 Å². The minimum Gasteiger partial charge on any atom is -0.497 e. The van der Waals surface area contributed by atoms with Gasteiger partial charge < -0.3 is 10.1 Å². The number of hydrogen-bond donors (Lipinski definition) is 1. The Morgan fingerprint density at radius 3 is 2.86 bits per heavy atom. The van der Waals surface area contributed by atoms with E-state index in [4.69, 9.17) is 4.74 Å². The minimum atomic E-state index is -0.0774. The molecule has 0 atom stereocenters. The van der Waals surface area contributed by atoms with Crippen molar-refractivity contribution >= 4 is 17.7 Å². The summed E-state index contributed by atoms with van der Waals surface area (Å²) in [4.78, 5) is 16.3. The van der Waals surface area contributed by atoms with Gasteiger partial charge >= 0.3 is 0 Å². The van der Waals surface area contributed by atoms with Crippen LogP contribution >= 0.6 is 11.8 Å². The van der Waals surface area contributed by atoms with E-state index in [0.29, 0.717) is 18.2 Å². The van der Waals surface area contributed by atoms with Crippen LogP contribution in [0.4, 0.5) is 0 Å². The Kier molecular flexibility index (Phi) is 6.80. The van der Waals surface area contributed by atoms with E-state index in [1.54, 1.807) is 25.6 Å². The predicted molar refractivity (Wildman–Crippen MR) is 109 cm³/mol. The zero-order chi connectivity index (χ0) is 19.8. The molecule has 2 heterocycles. The van der Waals surface area contributed by atoms with Crippen LogP contribution in [0.3, 0.4) is 0 Å². The van der Waals surface area contributed by atoms with E-state index in [-0.39, 0.29) is 11.7 Å². The number of benzene rings is 1. The molecule has 8 heteroatoms. The highest BCUT2D eigenvalue weighted by atomic mass is 32.2. The predicted octanol–water partition coefficient (Wildman–Crippen LogP) is 2.94. The number of carbonyl (C=O) groups is 1. The molecule has 0 bridgehead atoms. The lowest BCUT2D eigenvalue weighted by Crippen LogP contribution is -2.24. The Bertz CT molecular complexity index is 943. The number of ether oxygens (including phenoxy) is 1. The van der Waals surface area contributed by atoms with Crippen LogP contribution in [0.15, 0.2) is 66.6 Å². The van der Waals surface area contributed by atoms with E-state index < -0.39 is 0 Å². The fraction of sp³-hybridized carbons (Fsp3) is 0.200. The molecule has 0 saturated carbocycles. The van der Waals surface area contributed by atoms with Gasteiger partial charge in [-0.15, -0.1) is 16.8 Å². The molecule has 0 aliphatic rings. The SMILES string of the molecule is C=CCn1c(SCC(=O)NCc2cccc(OC)c2)nnc1-c1ccncc1. The summed E-state index contributed by atoms with van der Waals surface area (Å²) >= 11 is 1.34. The number of nitrogens with one attached hydrogen (secondary N) is 1. The van der Waals surface area contributed by atoms with Gasteiger partial charge in [-0.3, -0.25) is 14.3 Å². The zero-order valence-corrected chi connectivity index (χ0v) is 16.4. The second-order valence-corrected chi connectivity index (χ2v) is 6.80. The number of nitrogens with zero attached hydrogens (tertiary/aromatic N) is 4. The molecule has 2 aromatic heterocycles. The van der Waals surface area contributed by atoms with Gasteiger partial charge in [-0.05, 0) is 29.8 Å². The number of amides is 1. The summed E-state index contributed by atoms with van der Waals surface area (Å²) in [6.07, 6.45) is 5.20. The first-order chi connectivity index (χ1) is 13.7. The third kappa shape index (κ3) is 4.98. The maximum atomic E-state index is 12.2. The van der Waals surface area contributed by atoms with Crippen molar-refractivity contribution in [2.45, 2.75) is 18.2 Å². The fourth-order valence-corrected chi connectivity index (χ4v) is 3.35. The van der Waals surface area contributed by atoms with Crippen LogP contribution in [0.1, 0.15) is 5.56 Å². The first kappa shape index (κ1) is 19.6.